The number of nitrogens with one attached hydrogen (secondary N) is 2. The Kier molecular flexibility index (Phi) is 4.94. The van der Waals surface area contributed by atoms with Crippen molar-refractivity contribution in [2.75, 3.05) is 11.9 Å². The molecule has 8 heteroatoms. The van der Waals surface area contributed by atoms with E-state index in [0.29, 0.717) is 17.2 Å². The zero-order valence-electron chi connectivity index (χ0n) is 12.5. The van der Waals surface area contributed by atoms with Crippen molar-refractivity contribution in [1.29, 1.82) is 0 Å². The Balaban J connectivity index is 2.14. The van der Waals surface area contributed by atoms with Gasteiger partial charge < -0.3 is 0 Å². The molecule has 0 saturated carbocycles. The van der Waals surface area contributed by atoms with Gasteiger partial charge in [0, 0.05) is 17.0 Å². The van der Waals surface area contributed by atoms with Crippen LogP contribution in [0, 0.1) is 13.8 Å². The largest absolute Gasteiger partial charge is 0.298 e. The van der Waals surface area contributed by atoms with Crippen molar-refractivity contribution in [2.24, 2.45) is 0 Å². The summed E-state index contributed by atoms with van der Waals surface area (Å²) >= 11 is 1.40. The molecule has 1 heterocycles. The summed E-state index contributed by atoms with van der Waals surface area (Å²) in [5.74, 6) is -0.318. The minimum atomic E-state index is -3.51. The third-order valence-corrected chi connectivity index (χ3v) is 5.56. The van der Waals surface area contributed by atoms with Crippen molar-refractivity contribution in [3.8, 4) is 0 Å². The summed E-state index contributed by atoms with van der Waals surface area (Å²) in [7, 11) is -3.51. The lowest BCUT2D eigenvalue weighted by atomic mass is 10.2. The summed E-state index contributed by atoms with van der Waals surface area (Å²) in [4.78, 5) is 17.5. The van der Waals surface area contributed by atoms with Crippen LogP contribution in [-0.2, 0) is 10.0 Å². The highest BCUT2D eigenvalue weighted by Crippen LogP contribution is 2.21. The van der Waals surface area contributed by atoms with Gasteiger partial charge >= 0.3 is 0 Å². The predicted molar refractivity (Wildman–Crippen MR) is 86.8 cm³/mol. The summed E-state index contributed by atoms with van der Waals surface area (Å²) < 4.78 is 26.0. The molecular weight excluding hydrogens is 322 g/mol. The van der Waals surface area contributed by atoms with Crippen LogP contribution in [0.1, 0.15) is 27.9 Å². The van der Waals surface area contributed by atoms with Gasteiger partial charge in [-0.25, -0.2) is 18.1 Å². The van der Waals surface area contributed by atoms with Gasteiger partial charge in [0.05, 0.1) is 10.6 Å². The number of sulfonamides is 1. The smallest absolute Gasteiger partial charge is 0.257 e. The average Bonchev–Trinajstić information content (AvgIpc) is 2.77. The van der Waals surface area contributed by atoms with Gasteiger partial charge in [-0.3, -0.25) is 10.1 Å². The highest BCUT2D eigenvalue weighted by Gasteiger charge is 2.14. The van der Waals surface area contributed by atoms with Gasteiger partial charge in [-0.15, -0.1) is 11.3 Å². The number of carbonyl (C=O) groups excluding carboxylic acids is 1. The van der Waals surface area contributed by atoms with Gasteiger partial charge in [0.15, 0.2) is 5.13 Å². The summed E-state index contributed by atoms with van der Waals surface area (Å²) in [6, 6.07) is 5.77. The normalized spacial score (nSPS) is 11.4. The number of thiazole rings is 1. The van der Waals surface area contributed by atoms with Crippen molar-refractivity contribution in [3.05, 3.63) is 40.4 Å². The predicted octanol–water partition coefficient (Wildman–Crippen LogP) is 2.31. The van der Waals surface area contributed by atoms with E-state index in [1.165, 1.54) is 35.6 Å². The fourth-order valence-electron chi connectivity index (χ4n) is 1.75. The molecule has 6 nitrogen and oxygen atoms in total. The zero-order valence-corrected chi connectivity index (χ0v) is 14.1. The Morgan fingerprint density at radius 2 is 1.86 bits per heavy atom. The fourth-order valence-corrected chi connectivity index (χ4v) is 3.61. The first-order valence-corrected chi connectivity index (χ1v) is 8.98. The van der Waals surface area contributed by atoms with Crippen molar-refractivity contribution in [2.45, 2.75) is 25.7 Å². The minimum absolute atomic E-state index is 0.131. The lowest BCUT2D eigenvalue weighted by molar-refractivity contribution is 0.102. The zero-order chi connectivity index (χ0) is 16.3. The van der Waals surface area contributed by atoms with Crippen LogP contribution in [0.15, 0.2) is 29.2 Å². The first-order valence-electron chi connectivity index (χ1n) is 6.68. The van der Waals surface area contributed by atoms with Gasteiger partial charge in [-0.05, 0) is 38.1 Å². The third-order valence-electron chi connectivity index (χ3n) is 3.01. The van der Waals surface area contributed by atoms with E-state index >= 15 is 0 Å². The average molecular weight is 339 g/mol. The molecule has 0 bridgehead atoms. The van der Waals surface area contributed by atoms with E-state index in [9.17, 15) is 13.2 Å². The van der Waals surface area contributed by atoms with Crippen molar-refractivity contribution < 1.29 is 13.2 Å². The van der Waals surface area contributed by atoms with Crippen LogP contribution < -0.4 is 10.0 Å². The molecule has 0 aliphatic rings. The summed E-state index contributed by atoms with van der Waals surface area (Å²) in [6.07, 6.45) is 0. The number of aryl methyl sites for hydroxylation is 2. The molecule has 118 valence electrons. The second kappa shape index (κ2) is 6.55. The van der Waals surface area contributed by atoms with Gasteiger partial charge in [-0.1, -0.05) is 6.92 Å². The molecule has 2 aromatic rings. The summed E-state index contributed by atoms with van der Waals surface area (Å²) in [5, 5.41) is 3.24. The Morgan fingerprint density at radius 3 is 2.36 bits per heavy atom. The number of nitrogens with zero attached hydrogens (tertiary/aromatic N) is 1. The number of benzene rings is 1. The molecule has 0 saturated heterocycles. The second-order valence-corrected chi connectivity index (χ2v) is 7.61. The highest BCUT2D eigenvalue weighted by molar-refractivity contribution is 7.89. The molecule has 2 N–H and O–H groups in total. The second-order valence-electron chi connectivity index (χ2n) is 4.64. The number of hydrogen-bond acceptors (Lipinski definition) is 5. The van der Waals surface area contributed by atoms with Gasteiger partial charge in [0.2, 0.25) is 10.0 Å². The Hall–Kier alpha value is -1.77. The molecule has 0 radical (unpaired) electrons. The van der Waals surface area contributed by atoms with Crippen LogP contribution in [0.25, 0.3) is 0 Å². The van der Waals surface area contributed by atoms with Gasteiger partial charge in [0.1, 0.15) is 0 Å². The number of carbonyl (C=O) groups is 1. The molecule has 0 fully saturated rings. The molecule has 0 aliphatic heterocycles. The lowest BCUT2D eigenvalue weighted by Crippen LogP contribution is -2.23. The van der Waals surface area contributed by atoms with Crippen LogP contribution in [0.4, 0.5) is 5.13 Å². The molecular formula is C14H17N3O3S2. The number of amides is 1. The Morgan fingerprint density at radius 1 is 1.23 bits per heavy atom. The number of anilines is 1. The fraction of sp³-hybridized carbons (Fsp3) is 0.286. The standard InChI is InChI=1S/C14H17N3O3S2/c1-4-15-22(19,20)12-7-5-11(6-8-12)13(18)17-14-16-9(2)10(3)21-14/h5-8,15H,4H2,1-3H3,(H,16,17,18). The number of hydrogen-bond donors (Lipinski definition) is 2. The highest BCUT2D eigenvalue weighted by atomic mass is 32.2. The molecule has 2 rings (SSSR count). The van der Waals surface area contributed by atoms with Crippen LogP contribution in [0.2, 0.25) is 0 Å². The minimum Gasteiger partial charge on any atom is -0.298 e. The molecule has 0 atom stereocenters. The van der Waals surface area contributed by atoms with Crippen LogP contribution >= 0.6 is 11.3 Å². The van der Waals surface area contributed by atoms with Crippen LogP contribution in [0.3, 0.4) is 0 Å². The monoisotopic (exact) mass is 339 g/mol. The molecule has 22 heavy (non-hydrogen) atoms. The van der Waals surface area contributed by atoms with E-state index in [1.807, 2.05) is 13.8 Å². The maximum absolute atomic E-state index is 12.1. The molecule has 0 unspecified atom stereocenters. The molecule has 1 amide bonds. The van der Waals surface area contributed by atoms with Gasteiger partial charge in [0.25, 0.3) is 5.91 Å². The molecule has 0 aliphatic carbocycles. The Bertz CT molecular complexity index is 761. The van der Waals surface area contributed by atoms with E-state index in [4.69, 9.17) is 0 Å². The molecule has 0 spiro atoms. The van der Waals surface area contributed by atoms with Crippen molar-refractivity contribution >= 4 is 32.4 Å². The van der Waals surface area contributed by atoms with E-state index in [-0.39, 0.29) is 10.8 Å². The van der Waals surface area contributed by atoms with Crippen molar-refractivity contribution in [1.82, 2.24) is 9.71 Å². The van der Waals surface area contributed by atoms with Crippen LogP contribution in [0.5, 0.6) is 0 Å². The van der Waals surface area contributed by atoms with Crippen molar-refractivity contribution in [3.63, 3.8) is 0 Å². The van der Waals surface area contributed by atoms with E-state index in [1.54, 1.807) is 6.92 Å². The number of aromatic nitrogens is 1. The van der Waals surface area contributed by atoms with E-state index in [2.05, 4.69) is 15.0 Å². The topological polar surface area (TPSA) is 88.2 Å². The maximum atomic E-state index is 12.1. The van der Waals surface area contributed by atoms with Crippen LogP contribution in [-0.4, -0.2) is 25.9 Å². The first kappa shape index (κ1) is 16.6. The molecule has 1 aromatic heterocycles. The summed E-state index contributed by atoms with van der Waals surface area (Å²) in [6.45, 7) is 5.83. The van der Waals surface area contributed by atoms with E-state index < -0.39 is 10.0 Å². The maximum Gasteiger partial charge on any atom is 0.257 e. The van der Waals surface area contributed by atoms with E-state index in [0.717, 1.165) is 10.6 Å². The summed E-state index contributed by atoms with van der Waals surface area (Å²) in [5.41, 5.74) is 1.26. The van der Waals surface area contributed by atoms with Gasteiger partial charge in [-0.2, -0.15) is 0 Å². The SMILES string of the molecule is CCNS(=O)(=O)c1ccc(C(=O)Nc2nc(C)c(C)s2)cc1. The lowest BCUT2D eigenvalue weighted by Gasteiger charge is -2.06. The first-order chi connectivity index (χ1) is 10.3. The Labute approximate surface area is 133 Å². The third kappa shape index (κ3) is 3.70. The number of rotatable bonds is 5. The quantitative estimate of drug-likeness (QED) is 0.875. The molecule has 1 aromatic carbocycles.